The van der Waals surface area contributed by atoms with Crippen LogP contribution in [0.3, 0.4) is 0 Å². The molecule has 0 radical (unpaired) electrons. The summed E-state index contributed by atoms with van der Waals surface area (Å²) in [5.41, 5.74) is 1.00. The van der Waals surface area contributed by atoms with Gasteiger partial charge in [0.2, 0.25) is 0 Å². The summed E-state index contributed by atoms with van der Waals surface area (Å²) in [5.74, 6) is 0.598. The molecule has 2 rings (SSSR count). The Morgan fingerprint density at radius 1 is 1.17 bits per heavy atom. The lowest BCUT2D eigenvalue weighted by molar-refractivity contribution is 0.0372. The van der Waals surface area contributed by atoms with E-state index in [0.29, 0.717) is 6.54 Å². The molecule has 0 spiro atoms. The number of aliphatic imine (C=N–C) groups is 1. The number of hydrogen-bond donors (Lipinski definition) is 2. The molecular formula is C18H29FN4O. The molecule has 6 heteroatoms. The predicted molar refractivity (Wildman–Crippen MR) is 95.7 cm³/mol. The van der Waals surface area contributed by atoms with Gasteiger partial charge in [0.25, 0.3) is 0 Å². The second kappa shape index (κ2) is 11.0. The summed E-state index contributed by atoms with van der Waals surface area (Å²) in [7, 11) is 0. The van der Waals surface area contributed by atoms with Gasteiger partial charge in [-0.25, -0.2) is 9.38 Å². The quantitative estimate of drug-likeness (QED) is 0.433. The van der Waals surface area contributed by atoms with Crippen LogP contribution in [0.15, 0.2) is 29.3 Å². The fourth-order valence-corrected chi connectivity index (χ4v) is 2.59. The summed E-state index contributed by atoms with van der Waals surface area (Å²) >= 11 is 0. The van der Waals surface area contributed by atoms with E-state index in [1.165, 1.54) is 18.6 Å². The number of nitrogens with one attached hydrogen (secondary N) is 2. The Morgan fingerprint density at radius 2 is 1.92 bits per heavy atom. The zero-order valence-corrected chi connectivity index (χ0v) is 14.6. The number of nitrogens with zero attached hydrogens (tertiary/aromatic N) is 2. The number of hydrogen-bond acceptors (Lipinski definition) is 3. The van der Waals surface area contributed by atoms with Gasteiger partial charge in [-0.05, 0) is 44.0 Å². The maximum absolute atomic E-state index is 12.9. The van der Waals surface area contributed by atoms with Crippen molar-refractivity contribution in [3.8, 4) is 0 Å². The summed E-state index contributed by atoms with van der Waals surface area (Å²) in [6.07, 6.45) is 2.28. The van der Waals surface area contributed by atoms with Crippen LogP contribution in [-0.4, -0.2) is 56.8 Å². The fourth-order valence-electron chi connectivity index (χ4n) is 2.59. The molecule has 1 aromatic carbocycles. The summed E-state index contributed by atoms with van der Waals surface area (Å²) < 4.78 is 18.3. The van der Waals surface area contributed by atoms with Crippen LogP contribution in [0.4, 0.5) is 4.39 Å². The first-order valence-electron chi connectivity index (χ1n) is 8.84. The Hall–Kier alpha value is -1.66. The average Bonchev–Trinajstić information content (AvgIpc) is 2.61. The van der Waals surface area contributed by atoms with Crippen LogP contribution >= 0.6 is 0 Å². The maximum Gasteiger partial charge on any atom is 0.191 e. The van der Waals surface area contributed by atoms with Gasteiger partial charge in [-0.1, -0.05) is 12.1 Å². The molecule has 5 nitrogen and oxygen atoms in total. The van der Waals surface area contributed by atoms with E-state index >= 15 is 0 Å². The predicted octanol–water partition coefficient (Wildman–Crippen LogP) is 1.99. The lowest BCUT2D eigenvalue weighted by atomic mass is 10.2. The Labute approximate surface area is 144 Å². The van der Waals surface area contributed by atoms with Gasteiger partial charge >= 0.3 is 0 Å². The highest BCUT2D eigenvalue weighted by Crippen LogP contribution is 2.04. The van der Waals surface area contributed by atoms with Gasteiger partial charge in [-0.15, -0.1) is 0 Å². The zero-order valence-electron chi connectivity index (χ0n) is 14.6. The number of rotatable bonds is 8. The highest BCUT2D eigenvalue weighted by Gasteiger charge is 2.09. The first-order chi connectivity index (χ1) is 11.8. The van der Waals surface area contributed by atoms with Crippen LogP contribution in [-0.2, 0) is 11.3 Å². The summed E-state index contributed by atoms with van der Waals surface area (Å²) in [6, 6.07) is 6.48. The third-order valence-corrected chi connectivity index (χ3v) is 3.97. The molecule has 24 heavy (non-hydrogen) atoms. The van der Waals surface area contributed by atoms with E-state index in [1.54, 1.807) is 12.1 Å². The SMILES string of the molecule is CCNC(=NCc1ccc(F)cc1)NCCCCN1CCOCC1. The molecule has 1 saturated heterocycles. The van der Waals surface area contributed by atoms with Crippen LogP contribution in [0, 0.1) is 5.82 Å². The molecule has 1 aromatic rings. The van der Waals surface area contributed by atoms with Crippen molar-refractivity contribution in [2.24, 2.45) is 4.99 Å². The smallest absolute Gasteiger partial charge is 0.191 e. The third-order valence-electron chi connectivity index (χ3n) is 3.97. The van der Waals surface area contributed by atoms with Crippen LogP contribution in [0.25, 0.3) is 0 Å². The minimum Gasteiger partial charge on any atom is -0.379 e. The van der Waals surface area contributed by atoms with Gasteiger partial charge < -0.3 is 15.4 Å². The van der Waals surface area contributed by atoms with Crippen LogP contribution in [0.2, 0.25) is 0 Å². The molecule has 0 unspecified atom stereocenters. The lowest BCUT2D eigenvalue weighted by Crippen LogP contribution is -2.39. The molecule has 2 N–H and O–H groups in total. The van der Waals surface area contributed by atoms with Gasteiger partial charge in [0.1, 0.15) is 5.82 Å². The molecule has 0 aliphatic carbocycles. The molecule has 0 saturated carbocycles. The van der Waals surface area contributed by atoms with E-state index in [0.717, 1.165) is 63.9 Å². The Morgan fingerprint density at radius 3 is 2.62 bits per heavy atom. The Kier molecular flexibility index (Phi) is 8.55. The van der Waals surface area contributed by atoms with Gasteiger partial charge in [0.05, 0.1) is 19.8 Å². The second-order valence-electron chi connectivity index (χ2n) is 5.91. The molecule has 0 aromatic heterocycles. The highest BCUT2D eigenvalue weighted by molar-refractivity contribution is 5.79. The standard InChI is InChI=1S/C18H29FN4O/c1-2-20-18(22-15-16-5-7-17(19)8-6-16)21-9-3-4-10-23-11-13-24-14-12-23/h5-8H,2-4,9-15H2,1H3,(H2,20,21,22). The number of halogens is 1. The highest BCUT2D eigenvalue weighted by atomic mass is 19.1. The molecule has 1 aliphatic heterocycles. The minimum absolute atomic E-state index is 0.215. The van der Waals surface area contributed by atoms with Crippen molar-refractivity contribution in [1.29, 1.82) is 0 Å². The van der Waals surface area contributed by atoms with E-state index < -0.39 is 0 Å². The summed E-state index contributed by atoms with van der Waals surface area (Å²) in [5, 5.41) is 6.60. The second-order valence-corrected chi connectivity index (χ2v) is 5.91. The number of unbranched alkanes of at least 4 members (excludes halogenated alkanes) is 1. The number of ether oxygens (including phenoxy) is 1. The molecule has 1 fully saturated rings. The van der Waals surface area contributed by atoms with Crippen molar-refractivity contribution in [3.63, 3.8) is 0 Å². The van der Waals surface area contributed by atoms with Crippen molar-refractivity contribution in [1.82, 2.24) is 15.5 Å². The maximum atomic E-state index is 12.9. The van der Waals surface area contributed by atoms with Crippen molar-refractivity contribution in [2.75, 3.05) is 45.9 Å². The van der Waals surface area contributed by atoms with E-state index in [2.05, 4.69) is 20.5 Å². The van der Waals surface area contributed by atoms with Gasteiger partial charge in [0.15, 0.2) is 5.96 Å². The summed E-state index contributed by atoms with van der Waals surface area (Å²) in [4.78, 5) is 7.00. The van der Waals surface area contributed by atoms with Crippen molar-refractivity contribution >= 4 is 5.96 Å². The van der Waals surface area contributed by atoms with Crippen molar-refractivity contribution < 1.29 is 9.13 Å². The molecular weight excluding hydrogens is 307 g/mol. The third kappa shape index (κ3) is 7.27. The van der Waals surface area contributed by atoms with E-state index in [4.69, 9.17) is 4.74 Å². The first-order valence-corrected chi connectivity index (χ1v) is 8.84. The normalized spacial score (nSPS) is 16.2. The lowest BCUT2D eigenvalue weighted by Gasteiger charge is -2.26. The topological polar surface area (TPSA) is 48.9 Å². The molecule has 0 atom stereocenters. The first kappa shape index (κ1) is 18.7. The largest absolute Gasteiger partial charge is 0.379 e. The summed E-state index contributed by atoms with van der Waals surface area (Å²) in [6.45, 7) is 9.27. The van der Waals surface area contributed by atoms with E-state index in [1.807, 2.05) is 6.92 Å². The van der Waals surface area contributed by atoms with Crippen LogP contribution in [0.1, 0.15) is 25.3 Å². The van der Waals surface area contributed by atoms with Crippen molar-refractivity contribution in [2.45, 2.75) is 26.3 Å². The zero-order chi connectivity index (χ0) is 17.0. The Balaban J connectivity index is 1.66. The minimum atomic E-state index is -0.215. The number of benzene rings is 1. The van der Waals surface area contributed by atoms with E-state index in [9.17, 15) is 4.39 Å². The van der Waals surface area contributed by atoms with Gasteiger partial charge in [-0.2, -0.15) is 0 Å². The molecule has 1 heterocycles. The number of guanidine groups is 1. The molecule has 134 valence electrons. The van der Waals surface area contributed by atoms with Gasteiger partial charge in [0, 0.05) is 26.2 Å². The monoisotopic (exact) mass is 336 g/mol. The average molecular weight is 336 g/mol. The van der Waals surface area contributed by atoms with Crippen LogP contribution in [0.5, 0.6) is 0 Å². The molecule has 0 amide bonds. The molecule has 0 bridgehead atoms. The van der Waals surface area contributed by atoms with E-state index in [-0.39, 0.29) is 5.82 Å². The molecule has 1 aliphatic rings. The number of morpholine rings is 1. The van der Waals surface area contributed by atoms with Crippen LogP contribution < -0.4 is 10.6 Å². The Bertz CT molecular complexity index is 486. The fraction of sp³-hybridized carbons (Fsp3) is 0.611. The van der Waals surface area contributed by atoms with Crippen molar-refractivity contribution in [3.05, 3.63) is 35.6 Å². The van der Waals surface area contributed by atoms with Gasteiger partial charge in [-0.3, -0.25) is 4.90 Å².